The van der Waals surface area contributed by atoms with Crippen molar-refractivity contribution < 1.29 is 18.3 Å². The Kier molecular flexibility index (Phi) is 4.29. The first-order chi connectivity index (χ1) is 9.38. The van der Waals surface area contributed by atoms with Gasteiger partial charge in [-0.25, -0.2) is 10.8 Å². The second kappa shape index (κ2) is 5.80. The monoisotopic (exact) mass is 291 g/mol. The van der Waals surface area contributed by atoms with E-state index in [-0.39, 0.29) is 23.8 Å². The van der Waals surface area contributed by atoms with Crippen molar-refractivity contribution in [3.05, 3.63) is 11.8 Å². The van der Waals surface area contributed by atoms with Crippen molar-refractivity contribution in [2.45, 2.75) is 31.5 Å². The molecule has 0 aromatic carbocycles. The van der Waals surface area contributed by atoms with E-state index in [1.807, 2.05) is 5.43 Å². The van der Waals surface area contributed by atoms with E-state index >= 15 is 0 Å². The molecular weight excluding hydrogens is 275 g/mol. The summed E-state index contributed by atoms with van der Waals surface area (Å²) in [5.41, 5.74) is 0.952. The topological polar surface area (TPSA) is 96.1 Å². The van der Waals surface area contributed by atoms with Gasteiger partial charge in [0.15, 0.2) is 5.69 Å². The lowest BCUT2D eigenvalue weighted by molar-refractivity contribution is -0.141. The number of nitrogens with zero attached hydrogens (tertiary/aromatic N) is 2. The predicted octanol–water partition coefficient (Wildman–Crippen LogP) is 1.35. The van der Waals surface area contributed by atoms with Crippen LogP contribution >= 0.6 is 0 Å². The maximum Gasteiger partial charge on any atom is 0.433 e. The average molecular weight is 291 g/mol. The first-order valence-electron chi connectivity index (χ1n) is 6.23. The highest BCUT2D eigenvalue weighted by molar-refractivity contribution is 5.42. The Morgan fingerprint density at radius 2 is 2.10 bits per heavy atom. The van der Waals surface area contributed by atoms with Crippen molar-refractivity contribution in [3.63, 3.8) is 0 Å². The quantitative estimate of drug-likeness (QED) is 0.494. The number of aliphatic hydroxyl groups is 1. The van der Waals surface area contributed by atoms with Gasteiger partial charge in [-0.15, -0.1) is 0 Å². The van der Waals surface area contributed by atoms with Crippen LogP contribution in [0.1, 0.15) is 25.0 Å². The van der Waals surface area contributed by atoms with Crippen LogP contribution in [0, 0.1) is 5.92 Å². The van der Waals surface area contributed by atoms with Gasteiger partial charge < -0.3 is 10.4 Å². The molecule has 1 saturated carbocycles. The second-order valence-electron chi connectivity index (χ2n) is 4.82. The number of hydrogen-bond acceptors (Lipinski definition) is 6. The number of aliphatic hydroxyl groups excluding tert-OH is 1. The first kappa shape index (κ1) is 14.8. The minimum atomic E-state index is -4.56. The lowest BCUT2D eigenvalue weighted by atomic mass is 10.1. The zero-order valence-electron chi connectivity index (χ0n) is 10.6. The largest absolute Gasteiger partial charge is 0.433 e. The SMILES string of the molecule is NNc1nc(NCC2CCC(O)C2)cc(C(F)(F)F)n1. The lowest BCUT2D eigenvalue weighted by Gasteiger charge is -2.14. The van der Waals surface area contributed by atoms with Crippen LogP contribution in [0.5, 0.6) is 0 Å². The smallest absolute Gasteiger partial charge is 0.393 e. The molecule has 2 rings (SSSR count). The third kappa shape index (κ3) is 3.70. The Balaban J connectivity index is 2.07. The number of alkyl halides is 3. The number of nitrogens with one attached hydrogen (secondary N) is 2. The summed E-state index contributed by atoms with van der Waals surface area (Å²) in [5.74, 6) is 5.05. The highest BCUT2D eigenvalue weighted by Crippen LogP contribution is 2.30. The number of hydrazine groups is 1. The highest BCUT2D eigenvalue weighted by Gasteiger charge is 2.33. The molecule has 0 amide bonds. The Bertz CT molecular complexity index is 468. The maximum absolute atomic E-state index is 12.7. The number of anilines is 2. The predicted molar refractivity (Wildman–Crippen MR) is 66.7 cm³/mol. The van der Waals surface area contributed by atoms with Gasteiger partial charge >= 0.3 is 6.18 Å². The zero-order chi connectivity index (χ0) is 14.8. The Hall–Kier alpha value is -1.61. The van der Waals surface area contributed by atoms with Crippen LogP contribution < -0.4 is 16.6 Å². The minimum absolute atomic E-state index is 0.0571. The summed E-state index contributed by atoms with van der Waals surface area (Å²) in [4.78, 5) is 7.09. The normalized spacial score (nSPS) is 22.9. The van der Waals surface area contributed by atoms with Gasteiger partial charge in [0, 0.05) is 12.6 Å². The molecule has 0 radical (unpaired) electrons. The van der Waals surface area contributed by atoms with Gasteiger partial charge in [0.25, 0.3) is 0 Å². The summed E-state index contributed by atoms with van der Waals surface area (Å²) < 4.78 is 38.0. The molecule has 112 valence electrons. The fourth-order valence-electron chi connectivity index (χ4n) is 2.23. The molecule has 1 aromatic heterocycles. The van der Waals surface area contributed by atoms with E-state index in [0.29, 0.717) is 13.0 Å². The van der Waals surface area contributed by atoms with E-state index in [1.54, 1.807) is 0 Å². The van der Waals surface area contributed by atoms with Crippen LogP contribution in [-0.4, -0.2) is 27.7 Å². The van der Waals surface area contributed by atoms with Crippen molar-refractivity contribution in [1.82, 2.24) is 9.97 Å². The molecule has 0 spiro atoms. The van der Waals surface area contributed by atoms with Crippen LogP contribution in [0.4, 0.5) is 24.9 Å². The fourth-order valence-corrected chi connectivity index (χ4v) is 2.23. The van der Waals surface area contributed by atoms with Crippen molar-refractivity contribution in [2.24, 2.45) is 11.8 Å². The average Bonchev–Trinajstić information content (AvgIpc) is 2.81. The van der Waals surface area contributed by atoms with Crippen molar-refractivity contribution >= 4 is 11.8 Å². The number of aromatic nitrogens is 2. The fraction of sp³-hybridized carbons (Fsp3) is 0.636. The molecule has 1 fully saturated rings. The molecule has 5 N–H and O–H groups in total. The van der Waals surface area contributed by atoms with Crippen LogP contribution in [0.3, 0.4) is 0 Å². The Labute approximate surface area is 113 Å². The van der Waals surface area contributed by atoms with Gasteiger partial charge in [0.1, 0.15) is 5.82 Å². The van der Waals surface area contributed by atoms with Gasteiger partial charge in [-0.1, -0.05) is 0 Å². The summed E-state index contributed by atoms with van der Waals surface area (Å²) in [6.45, 7) is 0.454. The third-order valence-electron chi connectivity index (χ3n) is 3.23. The van der Waals surface area contributed by atoms with E-state index in [9.17, 15) is 18.3 Å². The Morgan fingerprint density at radius 3 is 2.65 bits per heavy atom. The molecule has 0 aliphatic heterocycles. The molecular formula is C11H16F3N5O. The number of rotatable bonds is 4. The summed E-state index contributed by atoms with van der Waals surface area (Å²) in [7, 11) is 0. The van der Waals surface area contributed by atoms with Crippen LogP contribution in [-0.2, 0) is 6.18 Å². The minimum Gasteiger partial charge on any atom is -0.393 e. The third-order valence-corrected chi connectivity index (χ3v) is 3.23. The van der Waals surface area contributed by atoms with Gasteiger partial charge in [-0.05, 0) is 25.2 Å². The maximum atomic E-state index is 12.7. The molecule has 1 aromatic rings. The molecule has 1 heterocycles. The number of halogens is 3. The number of nitrogens with two attached hydrogens (primary N) is 1. The summed E-state index contributed by atoms with van der Waals surface area (Å²) in [6.07, 6.45) is -2.67. The molecule has 0 bridgehead atoms. The summed E-state index contributed by atoms with van der Waals surface area (Å²) in [6, 6.07) is 0.840. The van der Waals surface area contributed by atoms with Crippen LogP contribution in [0.25, 0.3) is 0 Å². The standard InChI is InChI=1S/C11H16F3N5O/c12-11(13,14)8-4-9(18-10(17-8)19-15)16-5-6-1-2-7(20)3-6/h4,6-7,20H,1-3,5,15H2,(H2,16,17,18,19). The number of hydrogen-bond donors (Lipinski definition) is 4. The molecule has 20 heavy (non-hydrogen) atoms. The van der Waals surface area contributed by atoms with E-state index in [4.69, 9.17) is 5.84 Å². The summed E-state index contributed by atoms with van der Waals surface area (Å²) in [5, 5.41) is 12.2. The molecule has 2 atom stereocenters. The van der Waals surface area contributed by atoms with Crippen molar-refractivity contribution in [1.29, 1.82) is 0 Å². The molecule has 1 aliphatic carbocycles. The molecule has 1 aliphatic rings. The Morgan fingerprint density at radius 1 is 1.35 bits per heavy atom. The second-order valence-corrected chi connectivity index (χ2v) is 4.82. The van der Waals surface area contributed by atoms with Gasteiger partial charge in [-0.3, -0.25) is 5.43 Å². The lowest BCUT2D eigenvalue weighted by Crippen LogP contribution is -2.18. The van der Waals surface area contributed by atoms with E-state index in [2.05, 4.69) is 15.3 Å². The summed E-state index contributed by atoms with van der Waals surface area (Å²) >= 11 is 0. The van der Waals surface area contributed by atoms with E-state index in [1.165, 1.54) is 0 Å². The van der Waals surface area contributed by atoms with Gasteiger partial charge in [0.05, 0.1) is 6.10 Å². The first-order valence-corrected chi connectivity index (χ1v) is 6.23. The number of nitrogen functional groups attached to an aromatic ring is 1. The molecule has 6 nitrogen and oxygen atoms in total. The van der Waals surface area contributed by atoms with Gasteiger partial charge in [0.2, 0.25) is 5.95 Å². The van der Waals surface area contributed by atoms with E-state index in [0.717, 1.165) is 18.9 Å². The molecule has 0 saturated heterocycles. The van der Waals surface area contributed by atoms with Crippen molar-refractivity contribution in [2.75, 3.05) is 17.3 Å². The molecule has 2 unspecified atom stereocenters. The van der Waals surface area contributed by atoms with Crippen LogP contribution in [0.2, 0.25) is 0 Å². The molecule has 9 heteroatoms. The van der Waals surface area contributed by atoms with Crippen molar-refractivity contribution in [3.8, 4) is 0 Å². The van der Waals surface area contributed by atoms with E-state index < -0.39 is 11.9 Å². The highest BCUT2D eigenvalue weighted by atomic mass is 19.4. The van der Waals surface area contributed by atoms with Gasteiger partial charge in [-0.2, -0.15) is 18.2 Å². The zero-order valence-corrected chi connectivity index (χ0v) is 10.6. The van der Waals surface area contributed by atoms with Crippen LogP contribution in [0.15, 0.2) is 6.07 Å².